The van der Waals surface area contributed by atoms with E-state index in [9.17, 15) is 4.39 Å². The van der Waals surface area contributed by atoms with Gasteiger partial charge in [0.1, 0.15) is 17.3 Å². The van der Waals surface area contributed by atoms with Crippen LogP contribution in [0.3, 0.4) is 0 Å². The molecule has 0 aliphatic carbocycles. The molecular formula is C13H11FO. The summed E-state index contributed by atoms with van der Waals surface area (Å²) < 4.78 is 18.4. The van der Waals surface area contributed by atoms with Crippen LogP contribution < -0.4 is 4.74 Å². The molecule has 0 spiro atoms. The highest BCUT2D eigenvalue weighted by Crippen LogP contribution is 2.24. The number of hydrogen-bond donors (Lipinski definition) is 0. The average molecular weight is 202 g/mol. The van der Waals surface area contributed by atoms with Crippen LogP contribution in [0.1, 0.15) is 5.56 Å². The lowest BCUT2D eigenvalue weighted by Gasteiger charge is -2.07. The highest BCUT2D eigenvalue weighted by molar-refractivity contribution is 5.36. The molecule has 0 amide bonds. The Labute approximate surface area is 88.1 Å². The molecule has 1 nitrogen and oxygen atoms in total. The first-order valence-corrected chi connectivity index (χ1v) is 4.75. The predicted octanol–water partition coefficient (Wildman–Crippen LogP) is 3.93. The minimum absolute atomic E-state index is 0.291. The van der Waals surface area contributed by atoms with Crippen molar-refractivity contribution in [3.63, 3.8) is 0 Å². The molecule has 0 heterocycles. The number of ether oxygens (including phenoxy) is 1. The minimum Gasteiger partial charge on any atom is -0.457 e. The lowest BCUT2D eigenvalue weighted by atomic mass is 10.2. The molecule has 0 aromatic heterocycles. The number of aryl methyl sites for hydroxylation is 1. The standard InChI is InChI=1S/C13H11FO/c1-10-5-2-3-8-13(10)15-12-7-4-6-11(14)9-12/h2-9H,1H3. The second-order valence-electron chi connectivity index (χ2n) is 3.32. The van der Waals surface area contributed by atoms with Gasteiger partial charge in [0, 0.05) is 6.07 Å². The maximum Gasteiger partial charge on any atom is 0.130 e. The first-order chi connectivity index (χ1) is 7.25. The number of halogens is 1. The van der Waals surface area contributed by atoms with Crippen LogP contribution in [0.25, 0.3) is 0 Å². The van der Waals surface area contributed by atoms with E-state index in [2.05, 4.69) is 0 Å². The van der Waals surface area contributed by atoms with Crippen molar-refractivity contribution in [1.82, 2.24) is 0 Å². The molecule has 0 aliphatic heterocycles. The van der Waals surface area contributed by atoms with Gasteiger partial charge >= 0.3 is 0 Å². The fourth-order valence-electron chi connectivity index (χ4n) is 1.33. The summed E-state index contributed by atoms with van der Waals surface area (Å²) in [4.78, 5) is 0. The number of rotatable bonds is 2. The summed E-state index contributed by atoms with van der Waals surface area (Å²) in [5.41, 5.74) is 1.03. The topological polar surface area (TPSA) is 9.23 Å². The zero-order valence-corrected chi connectivity index (χ0v) is 8.41. The van der Waals surface area contributed by atoms with Gasteiger partial charge in [-0.15, -0.1) is 0 Å². The summed E-state index contributed by atoms with van der Waals surface area (Å²) in [6, 6.07) is 13.8. The molecule has 0 bridgehead atoms. The Bertz CT molecular complexity index is 466. The van der Waals surface area contributed by atoms with Gasteiger partial charge in [-0.25, -0.2) is 4.39 Å². The van der Waals surface area contributed by atoms with Crippen LogP contribution in [-0.2, 0) is 0 Å². The Morgan fingerprint density at radius 2 is 1.80 bits per heavy atom. The second-order valence-corrected chi connectivity index (χ2v) is 3.32. The maximum absolute atomic E-state index is 12.9. The minimum atomic E-state index is -0.291. The van der Waals surface area contributed by atoms with Crippen molar-refractivity contribution < 1.29 is 9.13 Å². The van der Waals surface area contributed by atoms with Gasteiger partial charge in [0.15, 0.2) is 0 Å². The van der Waals surface area contributed by atoms with Gasteiger partial charge in [0.25, 0.3) is 0 Å². The summed E-state index contributed by atoms with van der Waals surface area (Å²) in [7, 11) is 0. The van der Waals surface area contributed by atoms with E-state index in [4.69, 9.17) is 4.74 Å². The molecule has 0 unspecified atom stereocenters. The third-order valence-corrected chi connectivity index (χ3v) is 2.12. The van der Waals surface area contributed by atoms with Crippen LogP contribution in [0.4, 0.5) is 4.39 Å². The fourth-order valence-corrected chi connectivity index (χ4v) is 1.33. The third-order valence-electron chi connectivity index (χ3n) is 2.12. The quantitative estimate of drug-likeness (QED) is 0.717. The molecule has 2 rings (SSSR count). The van der Waals surface area contributed by atoms with Crippen LogP contribution in [-0.4, -0.2) is 0 Å². The molecule has 0 radical (unpaired) electrons. The lowest BCUT2D eigenvalue weighted by molar-refractivity contribution is 0.473. The maximum atomic E-state index is 12.9. The summed E-state index contributed by atoms with van der Waals surface area (Å²) in [6.45, 7) is 1.95. The Balaban J connectivity index is 2.26. The molecule has 0 atom stereocenters. The zero-order chi connectivity index (χ0) is 10.7. The first kappa shape index (κ1) is 9.71. The molecule has 2 aromatic carbocycles. The monoisotopic (exact) mass is 202 g/mol. The van der Waals surface area contributed by atoms with Crippen molar-refractivity contribution in [3.8, 4) is 11.5 Å². The van der Waals surface area contributed by atoms with Gasteiger partial charge in [0.05, 0.1) is 0 Å². The molecule has 0 saturated heterocycles. The van der Waals surface area contributed by atoms with Gasteiger partial charge in [-0.3, -0.25) is 0 Å². The molecular weight excluding hydrogens is 191 g/mol. The van der Waals surface area contributed by atoms with E-state index in [-0.39, 0.29) is 5.82 Å². The SMILES string of the molecule is Cc1ccccc1Oc1cccc(F)c1. The summed E-state index contributed by atoms with van der Waals surface area (Å²) in [5.74, 6) is 0.980. The Morgan fingerprint density at radius 3 is 2.53 bits per heavy atom. The summed E-state index contributed by atoms with van der Waals surface area (Å²) in [5, 5.41) is 0. The van der Waals surface area contributed by atoms with Gasteiger partial charge in [-0.1, -0.05) is 24.3 Å². The van der Waals surface area contributed by atoms with E-state index in [0.717, 1.165) is 11.3 Å². The average Bonchev–Trinajstić information content (AvgIpc) is 2.22. The van der Waals surface area contributed by atoms with Crippen molar-refractivity contribution in [2.75, 3.05) is 0 Å². The van der Waals surface area contributed by atoms with Gasteiger partial charge in [0.2, 0.25) is 0 Å². The molecule has 0 aliphatic rings. The molecule has 0 N–H and O–H groups in total. The smallest absolute Gasteiger partial charge is 0.130 e. The number of benzene rings is 2. The summed E-state index contributed by atoms with van der Waals surface area (Å²) in [6.07, 6.45) is 0. The van der Waals surface area contributed by atoms with Crippen LogP contribution in [0.15, 0.2) is 48.5 Å². The molecule has 15 heavy (non-hydrogen) atoms. The van der Waals surface area contributed by atoms with Crippen molar-refractivity contribution in [3.05, 3.63) is 59.9 Å². The largest absolute Gasteiger partial charge is 0.457 e. The van der Waals surface area contributed by atoms with Gasteiger partial charge in [-0.2, -0.15) is 0 Å². The Morgan fingerprint density at radius 1 is 1.00 bits per heavy atom. The van der Waals surface area contributed by atoms with Crippen LogP contribution in [0.2, 0.25) is 0 Å². The van der Waals surface area contributed by atoms with E-state index < -0.39 is 0 Å². The molecule has 0 fully saturated rings. The van der Waals surface area contributed by atoms with E-state index in [1.54, 1.807) is 12.1 Å². The number of hydrogen-bond acceptors (Lipinski definition) is 1. The molecule has 76 valence electrons. The van der Waals surface area contributed by atoms with Crippen LogP contribution in [0, 0.1) is 12.7 Å². The van der Waals surface area contributed by atoms with Gasteiger partial charge < -0.3 is 4.74 Å². The fraction of sp³-hybridized carbons (Fsp3) is 0.0769. The van der Waals surface area contributed by atoms with Crippen LogP contribution in [0.5, 0.6) is 11.5 Å². The van der Waals surface area contributed by atoms with E-state index >= 15 is 0 Å². The van der Waals surface area contributed by atoms with Gasteiger partial charge in [-0.05, 0) is 30.7 Å². The lowest BCUT2D eigenvalue weighted by Crippen LogP contribution is -1.87. The highest BCUT2D eigenvalue weighted by atomic mass is 19.1. The van der Waals surface area contributed by atoms with Crippen molar-refractivity contribution in [2.24, 2.45) is 0 Å². The summed E-state index contributed by atoms with van der Waals surface area (Å²) >= 11 is 0. The second kappa shape index (κ2) is 4.13. The normalized spacial score (nSPS) is 10.0. The molecule has 2 aromatic rings. The van der Waals surface area contributed by atoms with E-state index in [0.29, 0.717) is 5.75 Å². The third kappa shape index (κ3) is 2.34. The first-order valence-electron chi connectivity index (χ1n) is 4.75. The van der Waals surface area contributed by atoms with Crippen LogP contribution >= 0.6 is 0 Å². The molecule has 2 heteroatoms. The van der Waals surface area contributed by atoms with Crippen molar-refractivity contribution in [1.29, 1.82) is 0 Å². The van der Waals surface area contributed by atoms with Crippen molar-refractivity contribution in [2.45, 2.75) is 6.92 Å². The highest BCUT2D eigenvalue weighted by Gasteiger charge is 2.00. The number of para-hydroxylation sites is 1. The van der Waals surface area contributed by atoms with E-state index in [1.165, 1.54) is 12.1 Å². The van der Waals surface area contributed by atoms with Crippen molar-refractivity contribution >= 4 is 0 Å². The van der Waals surface area contributed by atoms with E-state index in [1.807, 2.05) is 31.2 Å². The molecule has 0 saturated carbocycles. The zero-order valence-electron chi connectivity index (χ0n) is 8.41. The Kier molecular flexibility index (Phi) is 2.68. The predicted molar refractivity (Wildman–Crippen MR) is 57.7 cm³/mol. The Hall–Kier alpha value is -1.83.